The van der Waals surface area contributed by atoms with Crippen LogP contribution in [-0.4, -0.2) is 21.5 Å². The zero-order chi connectivity index (χ0) is 14.6. The summed E-state index contributed by atoms with van der Waals surface area (Å²) in [5.41, 5.74) is 0.654. The Kier molecular flexibility index (Phi) is 4.39. The molecule has 0 saturated carbocycles. The summed E-state index contributed by atoms with van der Waals surface area (Å²) in [6.45, 7) is 3.66. The molecule has 1 N–H and O–H groups in total. The summed E-state index contributed by atoms with van der Waals surface area (Å²) < 4.78 is 39.4. The monoisotopic (exact) mass is 284 g/mol. The molecule has 0 aliphatic carbocycles. The van der Waals surface area contributed by atoms with Crippen LogP contribution in [0.5, 0.6) is 0 Å². The van der Waals surface area contributed by atoms with E-state index < -0.39 is 11.7 Å². The maximum absolute atomic E-state index is 12.6. The fraction of sp³-hybridized carbons (Fsp3) is 0.385. The lowest BCUT2D eigenvalue weighted by Crippen LogP contribution is -2.11. The number of benzene rings is 1. The maximum Gasteiger partial charge on any atom is 0.416 e. The molecule has 2 rings (SSSR count). The summed E-state index contributed by atoms with van der Waals surface area (Å²) in [4.78, 5) is 0. The summed E-state index contributed by atoms with van der Waals surface area (Å²) >= 11 is 0. The van der Waals surface area contributed by atoms with E-state index in [1.165, 1.54) is 10.7 Å². The molecule has 0 radical (unpaired) electrons. The van der Waals surface area contributed by atoms with E-state index >= 15 is 0 Å². The molecule has 1 heterocycles. The number of alkyl halides is 3. The quantitative estimate of drug-likeness (QED) is 0.917. The molecule has 0 aliphatic rings. The molecule has 0 fully saturated rings. The number of rotatable bonds is 5. The number of nitrogens with one attached hydrogen (secondary N) is 1. The molecule has 0 atom stereocenters. The molecule has 108 valence electrons. The van der Waals surface area contributed by atoms with Crippen molar-refractivity contribution in [1.29, 1.82) is 0 Å². The Morgan fingerprint density at radius 3 is 2.80 bits per heavy atom. The van der Waals surface area contributed by atoms with Crippen LogP contribution in [0.1, 0.15) is 23.7 Å². The SMILES string of the molecule is CCNCc1cn(Cc2cccc(C(F)(F)F)c2)nn1. The number of aromatic nitrogens is 3. The van der Waals surface area contributed by atoms with Gasteiger partial charge in [0.25, 0.3) is 0 Å². The molecule has 4 nitrogen and oxygen atoms in total. The third-order valence-corrected chi connectivity index (χ3v) is 2.74. The van der Waals surface area contributed by atoms with Gasteiger partial charge in [-0.25, -0.2) is 4.68 Å². The average molecular weight is 284 g/mol. The molecule has 0 bridgehead atoms. The topological polar surface area (TPSA) is 42.7 Å². The van der Waals surface area contributed by atoms with E-state index in [1.54, 1.807) is 12.3 Å². The molecule has 0 amide bonds. The van der Waals surface area contributed by atoms with E-state index in [0.29, 0.717) is 12.1 Å². The van der Waals surface area contributed by atoms with E-state index in [4.69, 9.17) is 0 Å². The lowest BCUT2D eigenvalue weighted by atomic mass is 10.1. The van der Waals surface area contributed by atoms with Crippen LogP contribution < -0.4 is 5.32 Å². The number of hydrogen-bond acceptors (Lipinski definition) is 3. The van der Waals surface area contributed by atoms with Gasteiger partial charge in [-0.3, -0.25) is 0 Å². The van der Waals surface area contributed by atoms with Crippen molar-refractivity contribution in [2.75, 3.05) is 6.54 Å². The zero-order valence-electron chi connectivity index (χ0n) is 11.0. The predicted octanol–water partition coefficient (Wildman–Crippen LogP) is 2.45. The van der Waals surface area contributed by atoms with Gasteiger partial charge in [-0.15, -0.1) is 5.10 Å². The normalized spacial score (nSPS) is 11.8. The molecular formula is C13H15F3N4. The lowest BCUT2D eigenvalue weighted by molar-refractivity contribution is -0.137. The van der Waals surface area contributed by atoms with Crippen LogP contribution in [0.25, 0.3) is 0 Å². The Morgan fingerprint density at radius 1 is 1.30 bits per heavy atom. The van der Waals surface area contributed by atoms with E-state index in [2.05, 4.69) is 15.6 Å². The molecule has 0 saturated heterocycles. The van der Waals surface area contributed by atoms with Crippen molar-refractivity contribution in [1.82, 2.24) is 20.3 Å². The first kappa shape index (κ1) is 14.5. The summed E-state index contributed by atoms with van der Waals surface area (Å²) in [5.74, 6) is 0. The average Bonchev–Trinajstić information content (AvgIpc) is 2.83. The second-order valence-corrected chi connectivity index (χ2v) is 4.39. The van der Waals surface area contributed by atoms with E-state index in [1.807, 2.05) is 6.92 Å². The fourth-order valence-electron chi connectivity index (χ4n) is 1.78. The van der Waals surface area contributed by atoms with Gasteiger partial charge in [0.2, 0.25) is 0 Å². The fourth-order valence-corrected chi connectivity index (χ4v) is 1.78. The summed E-state index contributed by atoms with van der Waals surface area (Å²) in [7, 11) is 0. The van der Waals surface area contributed by atoms with Crippen LogP contribution in [0.2, 0.25) is 0 Å². The molecule has 0 aliphatic heterocycles. The van der Waals surface area contributed by atoms with Crippen LogP contribution in [0, 0.1) is 0 Å². The van der Waals surface area contributed by atoms with Crippen molar-refractivity contribution >= 4 is 0 Å². The summed E-state index contributed by atoms with van der Waals surface area (Å²) in [6, 6.07) is 5.22. The van der Waals surface area contributed by atoms with Gasteiger partial charge in [0, 0.05) is 6.54 Å². The highest BCUT2D eigenvalue weighted by Crippen LogP contribution is 2.29. The van der Waals surface area contributed by atoms with Gasteiger partial charge in [0.05, 0.1) is 24.0 Å². The van der Waals surface area contributed by atoms with Crippen molar-refractivity contribution in [3.8, 4) is 0 Å². The van der Waals surface area contributed by atoms with E-state index in [9.17, 15) is 13.2 Å². The van der Waals surface area contributed by atoms with Crippen LogP contribution in [0.15, 0.2) is 30.5 Å². The van der Waals surface area contributed by atoms with Crippen molar-refractivity contribution in [3.05, 3.63) is 47.3 Å². The third-order valence-electron chi connectivity index (χ3n) is 2.74. The first-order chi connectivity index (χ1) is 9.49. The van der Waals surface area contributed by atoms with Gasteiger partial charge < -0.3 is 5.32 Å². The molecule has 1 aromatic carbocycles. The van der Waals surface area contributed by atoms with Crippen molar-refractivity contribution in [3.63, 3.8) is 0 Å². The smallest absolute Gasteiger partial charge is 0.311 e. The summed E-state index contributed by atoms with van der Waals surface area (Å²) in [5, 5.41) is 11.0. The highest BCUT2D eigenvalue weighted by atomic mass is 19.4. The molecular weight excluding hydrogens is 269 g/mol. The first-order valence-electron chi connectivity index (χ1n) is 6.25. The van der Waals surface area contributed by atoms with Crippen molar-refractivity contribution in [2.24, 2.45) is 0 Å². The Balaban J connectivity index is 2.08. The van der Waals surface area contributed by atoms with Crippen LogP contribution in [-0.2, 0) is 19.3 Å². The number of halogens is 3. The van der Waals surface area contributed by atoms with Crippen molar-refractivity contribution < 1.29 is 13.2 Å². The molecule has 0 unspecified atom stereocenters. The van der Waals surface area contributed by atoms with Gasteiger partial charge in [-0.2, -0.15) is 13.2 Å². The van der Waals surface area contributed by atoms with E-state index in [-0.39, 0.29) is 6.54 Å². The Bertz CT molecular complexity index is 563. The van der Waals surface area contributed by atoms with Gasteiger partial charge in [-0.05, 0) is 24.2 Å². The highest BCUT2D eigenvalue weighted by Gasteiger charge is 2.30. The number of hydrogen-bond donors (Lipinski definition) is 1. The minimum absolute atomic E-state index is 0.267. The van der Waals surface area contributed by atoms with Crippen LogP contribution in [0.4, 0.5) is 13.2 Å². The molecule has 2 aromatic rings. The highest BCUT2D eigenvalue weighted by molar-refractivity contribution is 5.25. The largest absolute Gasteiger partial charge is 0.416 e. The zero-order valence-corrected chi connectivity index (χ0v) is 11.0. The van der Waals surface area contributed by atoms with Gasteiger partial charge in [0.15, 0.2) is 0 Å². The Hall–Kier alpha value is -1.89. The maximum atomic E-state index is 12.6. The second kappa shape index (κ2) is 6.04. The third kappa shape index (κ3) is 3.80. The predicted molar refractivity (Wildman–Crippen MR) is 67.9 cm³/mol. The number of nitrogens with zero attached hydrogens (tertiary/aromatic N) is 3. The Labute approximate surface area is 114 Å². The van der Waals surface area contributed by atoms with Gasteiger partial charge in [0.1, 0.15) is 0 Å². The van der Waals surface area contributed by atoms with Crippen LogP contribution >= 0.6 is 0 Å². The second-order valence-electron chi connectivity index (χ2n) is 4.39. The van der Waals surface area contributed by atoms with Crippen LogP contribution in [0.3, 0.4) is 0 Å². The van der Waals surface area contributed by atoms with Gasteiger partial charge >= 0.3 is 6.18 Å². The molecule has 20 heavy (non-hydrogen) atoms. The first-order valence-corrected chi connectivity index (χ1v) is 6.25. The summed E-state index contributed by atoms with van der Waals surface area (Å²) in [6.07, 6.45) is -2.60. The molecule has 1 aromatic heterocycles. The minimum Gasteiger partial charge on any atom is -0.311 e. The van der Waals surface area contributed by atoms with E-state index in [0.717, 1.165) is 24.4 Å². The van der Waals surface area contributed by atoms with Gasteiger partial charge in [-0.1, -0.05) is 24.3 Å². The standard InChI is InChI=1S/C13H15F3N4/c1-2-17-7-12-9-20(19-18-12)8-10-4-3-5-11(6-10)13(14,15)16/h3-6,9,17H,2,7-8H2,1H3. The molecule has 7 heteroatoms. The van der Waals surface area contributed by atoms with Crippen molar-refractivity contribution in [2.45, 2.75) is 26.2 Å². The minimum atomic E-state index is -4.32. The Morgan fingerprint density at radius 2 is 2.10 bits per heavy atom. The molecule has 0 spiro atoms. The lowest BCUT2D eigenvalue weighted by Gasteiger charge is -2.08.